The van der Waals surface area contributed by atoms with Gasteiger partial charge in [0.05, 0.1) is 0 Å². The van der Waals surface area contributed by atoms with Crippen molar-refractivity contribution in [1.29, 1.82) is 0 Å². The van der Waals surface area contributed by atoms with Crippen LogP contribution >= 0.6 is 0 Å². The highest BCUT2D eigenvalue weighted by Crippen LogP contribution is 2.30. The maximum atomic E-state index is 11.1. The van der Waals surface area contributed by atoms with Crippen molar-refractivity contribution in [3.63, 3.8) is 0 Å². The van der Waals surface area contributed by atoms with Crippen molar-refractivity contribution in [3.05, 3.63) is 24.3 Å². The molecule has 0 saturated carbocycles. The molecule has 1 heterocycles. The summed E-state index contributed by atoms with van der Waals surface area (Å²) in [5.41, 5.74) is 0. The van der Waals surface area contributed by atoms with Gasteiger partial charge in [-0.2, -0.15) is 0 Å². The third kappa shape index (κ3) is 0.903. The zero-order valence-corrected chi connectivity index (χ0v) is 6.47. The lowest BCUT2D eigenvalue weighted by molar-refractivity contribution is 0.389. The van der Waals surface area contributed by atoms with Crippen LogP contribution in [-0.4, -0.2) is 14.4 Å². The maximum absolute atomic E-state index is 11.1. The number of hydrogen-bond donors (Lipinski definition) is 0. The molecule has 0 aliphatic carbocycles. The molecule has 0 unspecified atom stereocenters. The summed E-state index contributed by atoms with van der Waals surface area (Å²) in [7, 11) is -3.13. The first-order chi connectivity index (χ1) is 5.20. The standard InChI is InChI=1S/C7H6O3S/c8-11(9)5-10-6-3-1-2-4-7(6)11/h1-4H,5H2. The van der Waals surface area contributed by atoms with Crippen LogP contribution in [0.2, 0.25) is 0 Å². The summed E-state index contributed by atoms with van der Waals surface area (Å²) in [6, 6.07) is 6.64. The fraction of sp³-hybridized carbons (Fsp3) is 0.143. The predicted molar refractivity (Wildman–Crippen MR) is 39.1 cm³/mol. The quantitative estimate of drug-likeness (QED) is 0.578. The molecule has 2 rings (SSSR count). The SMILES string of the molecule is O=S1(=O)COc2ccccc21. The summed E-state index contributed by atoms with van der Waals surface area (Å²) >= 11 is 0. The zero-order chi connectivity index (χ0) is 7.90. The van der Waals surface area contributed by atoms with Gasteiger partial charge in [-0.1, -0.05) is 12.1 Å². The number of rotatable bonds is 0. The van der Waals surface area contributed by atoms with E-state index in [1.54, 1.807) is 24.3 Å². The first kappa shape index (κ1) is 6.67. The van der Waals surface area contributed by atoms with Gasteiger partial charge in [-0.15, -0.1) is 0 Å². The molecule has 58 valence electrons. The van der Waals surface area contributed by atoms with E-state index in [9.17, 15) is 8.42 Å². The Bertz CT molecular complexity index is 380. The van der Waals surface area contributed by atoms with Crippen LogP contribution in [0.15, 0.2) is 29.2 Å². The summed E-state index contributed by atoms with van der Waals surface area (Å²) in [5.74, 6) is 0.249. The Kier molecular flexibility index (Phi) is 1.20. The van der Waals surface area contributed by atoms with E-state index in [2.05, 4.69) is 0 Å². The molecule has 0 bridgehead atoms. The van der Waals surface area contributed by atoms with Crippen LogP contribution in [0.25, 0.3) is 0 Å². The van der Waals surface area contributed by atoms with Gasteiger partial charge >= 0.3 is 0 Å². The summed E-state index contributed by atoms with van der Waals surface area (Å²) in [5, 5.41) is 0. The van der Waals surface area contributed by atoms with Crippen LogP contribution in [0, 0.1) is 0 Å². The maximum Gasteiger partial charge on any atom is 0.216 e. The Hall–Kier alpha value is -1.03. The molecule has 3 nitrogen and oxygen atoms in total. The third-order valence-corrected chi connectivity index (χ3v) is 2.99. The van der Waals surface area contributed by atoms with E-state index < -0.39 is 9.84 Å². The van der Waals surface area contributed by atoms with Gasteiger partial charge in [-0.3, -0.25) is 0 Å². The van der Waals surface area contributed by atoms with Crippen LogP contribution in [0.3, 0.4) is 0 Å². The topological polar surface area (TPSA) is 43.4 Å². The fourth-order valence-electron chi connectivity index (χ4n) is 1.03. The number of ether oxygens (including phenoxy) is 1. The molecule has 0 amide bonds. The van der Waals surface area contributed by atoms with Crippen molar-refractivity contribution in [2.75, 3.05) is 5.94 Å². The van der Waals surface area contributed by atoms with Crippen molar-refractivity contribution >= 4 is 9.84 Å². The van der Waals surface area contributed by atoms with E-state index in [-0.39, 0.29) is 5.94 Å². The molecule has 0 fully saturated rings. The fourth-order valence-corrected chi connectivity index (χ4v) is 2.16. The second-order valence-corrected chi connectivity index (χ2v) is 4.23. The van der Waals surface area contributed by atoms with E-state index in [0.717, 1.165) is 0 Å². The highest BCUT2D eigenvalue weighted by Gasteiger charge is 2.26. The minimum Gasteiger partial charge on any atom is -0.476 e. The summed E-state index contributed by atoms with van der Waals surface area (Å²) in [6.45, 7) is 0. The van der Waals surface area contributed by atoms with Gasteiger partial charge in [0.1, 0.15) is 10.6 Å². The molecule has 1 aromatic rings. The van der Waals surface area contributed by atoms with Crippen LogP contribution in [0.1, 0.15) is 0 Å². The second kappa shape index (κ2) is 1.98. The van der Waals surface area contributed by atoms with Crippen molar-refractivity contribution in [3.8, 4) is 5.75 Å². The van der Waals surface area contributed by atoms with Gasteiger partial charge in [-0.05, 0) is 12.1 Å². The van der Waals surface area contributed by atoms with E-state index in [1.807, 2.05) is 0 Å². The minimum absolute atomic E-state index is 0.216. The van der Waals surface area contributed by atoms with Gasteiger partial charge in [0.25, 0.3) is 0 Å². The van der Waals surface area contributed by atoms with Crippen LogP contribution in [0.4, 0.5) is 0 Å². The Labute approximate surface area is 64.5 Å². The minimum atomic E-state index is -3.13. The molecule has 0 N–H and O–H groups in total. The summed E-state index contributed by atoms with van der Waals surface area (Å²) < 4.78 is 27.2. The van der Waals surface area contributed by atoms with Gasteiger partial charge in [-0.25, -0.2) is 8.42 Å². The van der Waals surface area contributed by atoms with Gasteiger partial charge in [0.15, 0.2) is 5.94 Å². The zero-order valence-electron chi connectivity index (χ0n) is 5.65. The lowest BCUT2D eigenvalue weighted by atomic mass is 10.3. The molecular formula is C7H6O3S. The van der Waals surface area contributed by atoms with Gasteiger partial charge in [0, 0.05) is 0 Å². The van der Waals surface area contributed by atoms with Gasteiger partial charge in [0.2, 0.25) is 9.84 Å². The van der Waals surface area contributed by atoms with Crippen LogP contribution < -0.4 is 4.74 Å². The lowest BCUT2D eigenvalue weighted by Crippen LogP contribution is -2.01. The van der Waals surface area contributed by atoms with E-state index in [4.69, 9.17) is 4.74 Å². The summed E-state index contributed by atoms with van der Waals surface area (Å²) in [4.78, 5) is 0.306. The normalized spacial score (nSPS) is 18.9. The third-order valence-electron chi connectivity index (χ3n) is 1.55. The monoisotopic (exact) mass is 170 g/mol. The van der Waals surface area contributed by atoms with Crippen molar-refractivity contribution in [2.24, 2.45) is 0 Å². The molecule has 1 aromatic carbocycles. The van der Waals surface area contributed by atoms with Crippen molar-refractivity contribution in [2.45, 2.75) is 4.90 Å². The van der Waals surface area contributed by atoms with Crippen LogP contribution in [-0.2, 0) is 9.84 Å². The second-order valence-electron chi connectivity index (χ2n) is 2.32. The average molecular weight is 170 g/mol. The predicted octanol–water partition coefficient (Wildman–Crippen LogP) is 0.810. The first-order valence-corrected chi connectivity index (χ1v) is 4.80. The first-order valence-electron chi connectivity index (χ1n) is 3.15. The van der Waals surface area contributed by atoms with Crippen LogP contribution in [0.5, 0.6) is 5.75 Å². The van der Waals surface area contributed by atoms with Crippen molar-refractivity contribution < 1.29 is 13.2 Å². The molecular weight excluding hydrogens is 164 g/mol. The Morgan fingerprint density at radius 1 is 1.27 bits per heavy atom. The van der Waals surface area contributed by atoms with E-state index >= 15 is 0 Å². The highest BCUT2D eigenvalue weighted by atomic mass is 32.2. The number of para-hydroxylation sites is 1. The number of sulfone groups is 1. The van der Waals surface area contributed by atoms with E-state index in [0.29, 0.717) is 10.6 Å². The largest absolute Gasteiger partial charge is 0.476 e. The smallest absolute Gasteiger partial charge is 0.216 e. The lowest BCUT2D eigenvalue weighted by Gasteiger charge is -1.91. The molecule has 4 heteroatoms. The molecule has 0 saturated heterocycles. The molecule has 11 heavy (non-hydrogen) atoms. The van der Waals surface area contributed by atoms with Gasteiger partial charge < -0.3 is 4.74 Å². The molecule has 0 radical (unpaired) electrons. The molecule has 0 atom stereocenters. The molecule has 1 aliphatic rings. The number of fused-ring (bicyclic) bond motifs is 1. The summed E-state index contributed by atoms with van der Waals surface area (Å²) in [6.07, 6.45) is 0. The molecule has 0 spiro atoms. The molecule has 1 aliphatic heterocycles. The Morgan fingerprint density at radius 2 is 2.00 bits per heavy atom. The number of benzene rings is 1. The highest BCUT2D eigenvalue weighted by molar-refractivity contribution is 7.91. The van der Waals surface area contributed by atoms with Crippen molar-refractivity contribution in [1.82, 2.24) is 0 Å². The number of hydrogen-bond acceptors (Lipinski definition) is 3. The van der Waals surface area contributed by atoms with E-state index in [1.165, 1.54) is 0 Å². The Balaban J connectivity index is 2.75. The molecule has 0 aromatic heterocycles. The average Bonchev–Trinajstić information content (AvgIpc) is 2.29. The Morgan fingerprint density at radius 3 is 2.73 bits per heavy atom.